The maximum absolute atomic E-state index is 9.82. The molecule has 0 heterocycles. The van der Waals surface area contributed by atoms with Gasteiger partial charge in [0.25, 0.3) is 0 Å². The number of benzene rings is 1. The average Bonchev–Trinajstić information content (AvgIpc) is 2.30. The predicted octanol–water partition coefficient (Wildman–Crippen LogP) is 1.58. The number of halogens is 1. The summed E-state index contributed by atoms with van der Waals surface area (Å²) in [5, 5.41) is 29.3. The van der Waals surface area contributed by atoms with Crippen molar-refractivity contribution in [1.82, 2.24) is 0 Å². The molecule has 1 aromatic carbocycles. The molecule has 0 amide bonds. The molecule has 0 aromatic heterocycles. The molecule has 0 saturated heterocycles. The molecule has 0 bridgehead atoms. The molecule has 3 N–H and O–H groups in total. The van der Waals surface area contributed by atoms with Gasteiger partial charge in [0, 0.05) is 10.9 Å². The fourth-order valence-electron chi connectivity index (χ4n) is 1.34. The molecule has 5 heteroatoms. The molecule has 0 saturated carbocycles. The number of alkyl halides is 1. The van der Waals surface area contributed by atoms with Crippen LogP contribution in [0.1, 0.15) is 18.6 Å². The number of rotatable bonds is 5. The number of para-hydroxylation sites is 1. The fourth-order valence-corrected chi connectivity index (χ4v) is 1.70. The normalized spacial score (nSPS) is 14.5. The van der Waals surface area contributed by atoms with Crippen molar-refractivity contribution in [2.45, 2.75) is 19.1 Å². The van der Waals surface area contributed by atoms with Gasteiger partial charge in [-0.15, -0.1) is 0 Å². The van der Waals surface area contributed by atoms with Crippen molar-refractivity contribution in [1.29, 1.82) is 0 Å². The zero-order chi connectivity index (χ0) is 12.1. The summed E-state index contributed by atoms with van der Waals surface area (Å²) in [6.07, 6.45) is -2.11. The molecule has 90 valence electrons. The largest absolute Gasteiger partial charge is 0.504 e. The van der Waals surface area contributed by atoms with Gasteiger partial charge in [-0.1, -0.05) is 28.1 Å². The maximum Gasteiger partial charge on any atom is 0.163 e. The lowest BCUT2D eigenvalue weighted by Crippen LogP contribution is -2.19. The van der Waals surface area contributed by atoms with E-state index in [4.69, 9.17) is 4.74 Å². The van der Waals surface area contributed by atoms with E-state index in [0.717, 1.165) is 0 Å². The minimum absolute atomic E-state index is 0.128. The number of aliphatic hydroxyl groups is 2. The van der Waals surface area contributed by atoms with Gasteiger partial charge >= 0.3 is 0 Å². The lowest BCUT2D eigenvalue weighted by Gasteiger charge is -2.18. The first kappa shape index (κ1) is 13.3. The van der Waals surface area contributed by atoms with Crippen molar-refractivity contribution in [2.24, 2.45) is 0 Å². The zero-order valence-corrected chi connectivity index (χ0v) is 10.5. The monoisotopic (exact) mass is 290 g/mol. The molecule has 0 aliphatic carbocycles. The summed E-state index contributed by atoms with van der Waals surface area (Å²) in [6.45, 7) is 2.23. The zero-order valence-electron chi connectivity index (χ0n) is 8.93. The third-order valence-electron chi connectivity index (χ3n) is 2.17. The number of aliphatic hydroxyl groups excluding tert-OH is 2. The Hall–Kier alpha value is -0.780. The first-order valence-corrected chi connectivity index (χ1v) is 6.10. The van der Waals surface area contributed by atoms with E-state index in [0.29, 0.717) is 12.4 Å². The average molecular weight is 291 g/mol. The Morgan fingerprint density at radius 2 is 2.06 bits per heavy atom. The van der Waals surface area contributed by atoms with E-state index in [2.05, 4.69) is 15.9 Å². The van der Waals surface area contributed by atoms with E-state index in [1.54, 1.807) is 25.1 Å². The van der Waals surface area contributed by atoms with Gasteiger partial charge in [-0.3, -0.25) is 0 Å². The van der Waals surface area contributed by atoms with Crippen LogP contribution in [0.4, 0.5) is 0 Å². The van der Waals surface area contributed by atoms with E-state index in [-0.39, 0.29) is 16.6 Å². The minimum atomic E-state index is -1.14. The predicted molar refractivity (Wildman–Crippen MR) is 64.0 cm³/mol. The summed E-state index contributed by atoms with van der Waals surface area (Å²) in [7, 11) is 0. The molecule has 1 rings (SSSR count). The second-order valence-electron chi connectivity index (χ2n) is 3.29. The molecule has 0 fully saturated rings. The van der Waals surface area contributed by atoms with Gasteiger partial charge in [-0.25, -0.2) is 0 Å². The molecule has 4 nitrogen and oxygen atoms in total. The highest BCUT2D eigenvalue weighted by molar-refractivity contribution is 9.09. The summed E-state index contributed by atoms with van der Waals surface area (Å²) < 4.78 is 5.19. The van der Waals surface area contributed by atoms with Gasteiger partial charge in [0.05, 0.1) is 12.7 Å². The van der Waals surface area contributed by atoms with Crippen molar-refractivity contribution < 1.29 is 20.1 Å². The topological polar surface area (TPSA) is 69.9 Å². The van der Waals surface area contributed by atoms with E-state index < -0.39 is 12.2 Å². The first-order chi connectivity index (χ1) is 7.61. The van der Waals surface area contributed by atoms with Crippen molar-refractivity contribution in [2.75, 3.05) is 11.9 Å². The summed E-state index contributed by atoms with van der Waals surface area (Å²) >= 11 is 3.06. The highest BCUT2D eigenvalue weighted by Crippen LogP contribution is 2.35. The highest BCUT2D eigenvalue weighted by Gasteiger charge is 2.22. The van der Waals surface area contributed by atoms with Crippen molar-refractivity contribution in [3.05, 3.63) is 23.8 Å². The molecular weight excluding hydrogens is 276 g/mol. The van der Waals surface area contributed by atoms with Crippen LogP contribution >= 0.6 is 15.9 Å². The van der Waals surface area contributed by atoms with Crippen molar-refractivity contribution >= 4 is 15.9 Å². The lowest BCUT2D eigenvalue weighted by atomic mass is 10.0. The van der Waals surface area contributed by atoms with Crippen LogP contribution < -0.4 is 4.74 Å². The third kappa shape index (κ3) is 2.87. The van der Waals surface area contributed by atoms with E-state index >= 15 is 0 Å². The molecule has 2 atom stereocenters. The van der Waals surface area contributed by atoms with Gasteiger partial charge in [0.15, 0.2) is 11.5 Å². The Labute approximate surface area is 103 Å². The third-order valence-corrected chi connectivity index (χ3v) is 2.83. The van der Waals surface area contributed by atoms with Crippen LogP contribution in [0.25, 0.3) is 0 Å². The lowest BCUT2D eigenvalue weighted by molar-refractivity contribution is 0.0325. The van der Waals surface area contributed by atoms with E-state index in [9.17, 15) is 15.3 Å². The summed E-state index contributed by atoms with van der Waals surface area (Å²) in [4.78, 5) is 0. The Kier molecular flexibility index (Phi) is 5.05. The number of ether oxygens (including phenoxy) is 1. The second kappa shape index (κ2) is 6.08. The Morgan fingerprint density at radius 1 is 1.38 bits per heavy atom. The Balaban J connectivity index is 3.00. The van der Waals surface area contributed by atoms with Crippen LogP contribution in [0.3, 0.4) is 0 Å². The quantitative estimate of drug-likeness (QED) is 0.720. The molecular formula is C11H15BrO4. The van der Waals surface area contributed by atoms with Crippen molar-refractivity contribution in [3.63, 3.8) is 0 Å². The maximum atomic E-state index is 9.82. The summed E-state index contributed by atoms with van der Waals surface area (Å²) in [6, 6.07) is 4.81. The van der Waals surface area contributed by atoms with Crippen molar-refractivity contribution in [3.8, 4) is 11.5 Å². The first-order valence-electron chi connectivity index (χ1n) is 4.98. The minimum Gasteiger partial charge on any atom is -0.504 e. The smallest absolute Gasteiger partial charge is 0.163 e. The number of hydrogen-bond donors (Lipinski definition) is 3. The molecule has 1 aromatic rings. The van der Waals surface area contributed by atoms with Gasteiger partial charge in [0.2, 0.25) is 0 Å². The number of phenolic OH excluding ortho intramolecular Hbond substituents is 1. The van der Waals surface area contributed by atoms with E-state index in [1.807, 2.05) is 0 Å². The van der Waals surface area contributed by atoms with Crippen LogP contribution in [0.15, 0.2) is 18.2 Å². The molecule has 0 aliphatic heterocycles. The summed E-state index contributed by atoms with van der Waals surface area (Å²) in [5.74, 6) is 0.178. The number of hydrogen-bond acceptors (Lipinski definition) is 4. The Morgan fingerprint density at radius 3 is 2.62 bits per heavy atom. The van der Waals surface area contributed by atoms with Crippen LogP contribution in [-0.4, -0.2) is 33.4 Å². The molecule has 2 unspecified atom stereocenters. The van der Waals surface area contributed by atoms with Crippen LogP contribution in [-0.2, 0) is 0 Å². The summed E-state index contributed by atoms with van der Waals surface area (Å²) in [5.41, 5.74) is 0.262. The van der Waals surface area contributed by atoms with Crippen LogP contribution in [0.5, 0.6) is 11.5 Å². The van der Waals surface area contributed by atoms with Crippen LogP contribution in [0.2, 0.25) is 0 Å². The molecule has 16 heavy (non-hydrogen) atoms. The highest BCUT2D eigenvalue weighted by atomic mass is 79.9. The van der Waals surface area contributed by atoms with Gasteiger partial charge < -0.3 is 20.1 Å². The molecule has 0 aliphatic rings. The van der Waals surface area contributed by atoms with Crippen LogP contribution in [0, 0.1) is 0 Å². The number of phenols is 1. The Bertz CT molecular complexity index is 343. The SMILES string of the molecule is CCOc1cccc(C(O)C(O)CBr)c1O. The van der Waals surface area contributed by atoms with E-state index in [1.165, 1.54) is 0 Å². The standard InChI is InChI=1S/C11H15BrO4/c1-2-16-9-5-3-4-7(11(9)15)10(14)8(13)6-12/h3-5,8,10,13-15H,2,6H2,1H3. The van der Waals surface area contributed by atoms with Gasteiger partial charge in [-0.2, -0.15) is 0 Å². The fraction of sp³-hybridized carbons (Fsp3) is 0.455. The van der Waals surface area contributed by atoms with Gasteiger partial charge in [-0.05, 0) is 13.0 Å². The molecule has 0 spiro atoms. The number of aromatic hydroxyl groups is 1. The molecule has 0 radical (unpaired) electrons. The second-order valence-corrected chi connectivity index (χ2v) is 3.94. The van der Waals surface area contributed by atoms with Gasteiger partial charge in [0.1, 0.15) is 6.10 Å².